The van der Waals surface area contributed by atoms with Gasteiger partial charge in [0.25, 0.3) is 0 Å². The normalized spacial score (nSPS) is 17.0. The third kappa shape index (κ3) is 3.93. The van der Waals surface area contributed by atoms with Crippen LogP contribution >= 0.6 is 0 Å². The molecule has 2 heterocycles. The van der Waals surface area contributed by atoms with Gasteiger partial charge in [-0.25, -0.2) is 9.78 Å². The topological polar surface area (TPSA) is 68.3 Å². The third-order valence-corrected chi connectivity index (χ3v) is 3.29. The fourth-order valence-corrected chi connectivity index (χ4v) is 2.20. The second-order valence-electron chi connectivity index (χ2n) is 7.16. The monoisotopic (exact) mass is 302 g/mol. The number of fused-ring (bicyclic) bond motifs is 1. The first-order valence-corrected chi connectivity index (χ1v) is 7.28. The zero-order valence-corrected chi connectivity index (χ0v) is 13.7. The summed E-state index contributed by atoms with van der Waals surface area (Å²) in [7, 11) is 0. The number of anilines is 1. The Labute approximate surface area is 130 Å². The van der Waals surface area contributed by atoms with Crippen molar-refractivity contribution in [2.75, 3.05) is 5.32 Å². The minimum Gasteiger partial charge on any atom is -0.457 e. The maximum atomic E-state index is 11.9. The van der Waals surface area contributed by atoms with Gasteiger partial charge in [-0.1, -0.05) is 13.8 Å². The molecule has 0 bridgehead atoms. The van der Waals surface area contributed by atoms with Crippen molar-refractivity contribution in [3.8, 4) is 0 Å². The molecule has 1 aliphatic heterocycles. The number of rotatable bonds is 2. The molecule has 1 aliphatic rings. The van der Waals surface area contributed by atoms with Gasteiger partial charge in [0.2, 0.25) is 5.91 Å². The van der Waals surface area contributed by atoms with Crippen LogP contribution in [0.3, 0.4) is 0 Å². The number of ether oxygens (including phenoxy) is 1. The molecule has 0 aromatic carbocycles. The number of pyridine rings is 1. The Morgan fingerprint density at radius 2 is 2.09 bits per heavy atom. The molecule has 22 heavy (non-hydrogen) atoms. The third-order valence-electron chi connectivity index (χ3n) is 3.29. The number of carbonyl (C=O) groups is 2. The first kappa shape index (κ1) is 16.2. The minimum absolute atomic E-state index is 0.0236. The van der Waals surface area contributed by atoms with E-state index in [1.165, 1.54) is 6.08 Å². The molecule has 0 radical (unpaired) electrons. The molecule has 118 valence electrons. The van der Waals surface area contributed by atoms with Crippen molar-refractivity contribution in [3.05, 3.63) is 29.5 Å². The molecule has 0 aliphatic carbocycles. The average molecular weight is 302 g/mol. The van der Waals surface area contributed by atoms with Crippen LogP contribution in [0.4, 0.5) is 5.82 Å². The van der Waals surface area contributed by atoms with E-state index in [9.17, 15) is 9.59 Å². The summed E-state index contributed by atoms with van der Waals surface area (Å²) in [6.45, 7) is 9.26. The van der Waals surface area contributed by atoms with E-state index in [4.69, 9.17) is 4.74 Å². The van der Waals surface area contributed by atoms with Crippen LogP contribution < -0.4 is 5.32 Å². The van der Waals surface area contributed by atoms with Gasteiger partial charge in [-0.3, -0.25) is 4.79 Å². The zero-order chi connectivity index (χ0) is 16.5. The summed E-state index contributed by atoms with van der Waals surface area (Å²) in [6.07, 6.45) is 5.31. The highest BCUT2D eigenvalue weighted by molar-refractivity contribution is 5.97. The molecule has 5 heteroatoms. The first-order chi connectivity index (χ1) is 10.1. The predicted octanol–water partition coefficient (Wildman–Crippen LogP) is 2.96. The molecule has 0 saturated carbocycles. The molecule has 0 fully saturated rings. The number of hydrogen-bond donors (Lipinski definition) is 1. The van der Waals surface area contributed by atoms with E-state index in [1.54, 1.807) is 12.3 Å². The van der Waals surface area contributed by atoms with Crippen LogP contribution in [0.1, 0.15) is 45.7 Å². The van der Waals surface area contributed by atoms with Gasteiger partial charge in [-0.2, -0.15) is 0 Å². The van der Waals surface area contributed by atoms with E-state index >= 15 is 0 Å². The average Bonchev–Trinajstić information content (AvgIpc) is 2.35. The van der Waals surface area contributed by atoms with Gasteiger partial charge >= 0.3 is 5.97 Å². The highest BCUT2D eigenvalue weighted by atomic mass is 16.6. The van der Waals surface area contributed by atoms with E-state index in [1.807, 2.05) is 40.7 Å². The Morgan fingerprint density at radius 3 is 2.73 bits per heavy atom. The van der Waals surface area contributed by atoms with Crippen molar-refractivity contribution in [1.82, 2.24) is 4.98 Å². The molecule has 5 nitrogen and oxygen atoms in total. The molecule has 1 amide bonds. The Morgan fingerprint density at radius 1 is 1.41 bits per heavy atom. The van der Waals surface area contributed by atoms with Crippen molar-refractivity contribution < 1.29 is 14.3 Å². The zero-order valence-electron chi connectivity index (χ0n) is 13.7. The summed E-state index contributed by atoms with van der Waals surface area (Å²) in [4.78, 5) is 27.8. The largest absolute Gasteiger partial charge is 0.457 e. The van der Waals surface area contributed by atoms with E-state index in [-0.39, 0.29) is 11.9 Å². The van der Waals surface area contributed by atoms with Gasteiger partial charge < -0.3 is 10.1 Å². The van der Waals surface area contributed by atoms with Crippen LogP contribution in [-0.2, 0) is 20.7 Å². The standard InChI is InChI=1S/C17H22N2O3/c1-16(2,3)22-13(20)7-6-11-8-12-9-17(4,5)15(21)19-14(12)18-10-11/h6-8,10H,9H2,1-5H3,(H,18,19,21). The Kier molecular flexibility index (Phi) is 4.09. The van der Waals surface area contributed by atoms with Crippen LogP contribution in [0.25, 0.3) is 6.08 Å². The van der Waals surface area contributed by atoms with Gasteiger partial charge in [0.05, 0.1) is 0 Å². The minimum atomic E-state index is -0.510. The Bertz CT molecular complexity index is 640. The second kappa shape index (κ2) is 5.55. The molecular formula is C17H22N2O3. The summed E-state index contributed by atoms with van der Waals surface area (Å²) in [6, 6.07) is 1.93. The predicted molar refractivity (Wildman–Crippen MR) is 85.2 cm³/mol. The molecule has 0 saturated heterocycles. The molecule has 1 aromatic rings. The lowest BCUT2D eigenvalue weighted by atomic mass is 9.82. The van der Waals surface area contributed by atoms with Crippen LogP contribution in [0.15, 0.2) is 18.3 Å². The fourth-order valence-electron chi connectivity index (χ4n) is 2.20. The van der Waals surface area contributed by atoms with Crippen LogP contribution in [0.2, 0.25) is 0 Å². The van der Waals surface area contributed by atoms with Crippen LogP contribution in [-0.4, -0.2) is 22.5 Å². The van der Waals surface area contributed by atoms with Gasteiger partial charge in [-0.05, 0) is 50.5 Å². The SMILES string of the molecule is CC(C)(C)OC(=O)C=Cc1cnc2c(c1)CC(C)(C)C(=O)N2. The molecule has 0 spiro atoms. The van der Waals surface area contributed by atoms with Crippen LogP contribution in [0, 0.1) is 5.41 Å². The van der Waals surface area contributed by atoms with Gasteiger partial charge in [-0.15, -0.1) is 0 Å². The van der Waals surface area contributed by atoms with Crippen molar-refractivity contribution in [3.63, 3.8) is 0 Å². The van der Waals surface area contributed by atoms with E-state index in [0.29, 0.717) is 12.2 Å². The smallest absolute Gasteiger partial charge is 0.331 e. The van der Waals surface area contributed by atoms with E-state index < -0.39 is 11.0 Å². The number of nitrogens with zero attached hydrogens (tertiary/aromatic N) is 1. The summed E-state index contributed by atoms with van der Waals surface area (Å²) in [5.41, 5.74) is 0.805. The quantitative estimate of drug-likeness (QED) is 0.673. The number of esters is 1. The number of hydrogen-bond acceptors (Lipinski definition) is 4. The maximum absolute atomic E-state index is 11.9. The molecule has 1 aromatic heterocycles. The van der Waals surface area contributed by atoms with Crippen molar-refractivity contribution >= 4 is 23.8 Å². The number of carbonyl (C=O) groups excluding carboxylic acids is 2. The fraction of sp³-hybridized carbons (Fsp3) is 0.471. The van der Waals surface area contributed by atoms with Gasteiger partial charge in [0.1, 0.15) is 11.4 Å². The second-order valence-corrected chi connectivity index (χ2v) is 7.16. The first-order valence-electron chi connectivity index (χ1n) is 7.28. The lowest BCUT2D eigenvalue weighted by Gasteiger charge is -2.29. The Balaban J connectivity index is 2.15. The lowest BCUT2D eigenvalue weighted by molar-refractivity contribution is -0.148. The van der Waals surface area contributed by atoms with Gasteiger partial charge in [0, 0.05) is 17.7 Å². The van der Waals surface area contributed by atoms with Crippen molar-refractivity contribution in [2.24, 2.45) is 5.41 Å². The highest BCUT2D eigenvalue weighted by Gasteiger charge is 2.34. The lowest BCUT2D eigenvalue weighted by Crippen LogP contribution is -2.37. The highest BCUT2D eigenvalue weighted by Crippen LogP contribution is 2.32. The summed E-state index contributed by atoms with van der Waals surface area (Å²) in [5, 5.41) is 2.81. The van der Waals surface area contributed by atoms with E-state index in [0.717, 1.165) is 11.1 Å². The molecule has 0 unspecified atom stereocenters. The number of amides is 1. The Hall–Kier alpha value is -2.17. The van der Waals surface area contributed by atoms with Crippen molar-refractivity contribution in [1.29, 1.82) is 0 Å². The molecule has 2 rings (SSSR count). The van der Waals surface area contributed by atoms with Crippen LogP contribution in [0.5, 0.6) is 0 Å². The van der Waals surface area contributed by atoms with E-state index in [2.05, 4.69) is 10.3 Å². The summed E-state index contributed by atoms with van der Waals surface area (Å²) < 4.78 is 5.22. The molecular weight excluding hydrogens is 280 g/mol. The van der Waals surface area contributed by atoms with Gasteiger partial charge in [0.15, 0.2) is 0 Å². The maximum Gasteiger partial charge on any atom is 0.331 e. The summed E-state index contributed by atoms with van der Waals surface area (Å²) >= 11 is 0. The van der Waals surface area contributed by atoms with Crippen molar-refractivity contribution in [2.45, 2.75) is 46.6 Å². The molecule has 0 atom stereocenters. The molecule has 1 N–H and O–H groups in total. The number of nitrogens with one attached hydrogen (secondary N) is 1. The summed E-state index contributed by atoms with van der Waals surface area (Å²) in [5.74, 6) is 0.183. The number of aromatic nitrogens is 1.